The van der Waals surface area contributed by atoms with E-state index in [2.05, 4.69) is 11.8 Å². The van der Waals surface area contributed by atoms with E-state index >= 15 is 0 Å². The Morgan fingerprint density at radius 1 is 1.12 bits per heavy atom. The summed E-state index contributed by atoms with van der Waals surface area (Å²) in [7, 11) is 0. The Bertz CT molecular complexity index is 989. The fourth-order valence-electron chi connectivity index (χ4n) is 5.33. The minimum Gasteiger partial charge on any atom is -0.396 e. The lowest BCUT2D eigenvalue weighted by Gasteiger charge is -2.48. The third kappa shape index (κ3) is 6.19. The van der Waals surface area contributed by atoms with Crippen LogP contribution in [0.2, 0.25) is 0 Å². The molecule has 4 unspecified atom stereocenters. The average Bonchev–Trinajstić information content (AvgIpc) is 2.76. The second kappa shape index (κ2) is 10.4. The van der Waals surface area contributed by atoms with Crippen LogP contribution in [0, 0.1) is 31.0 Å². The zero-order chi connectivity index (χ0) is 25.3. The van der Waals surface area contributed by atoms with Crippen LogP contribution >= 0.6 is 0 Å². The fraction of sp³-hybridized carbons (Fsp3) is 0.571. The number of rotatable bonds is 7. The van der Waals surface area contributed by atoms with Crippen molar-refractivity contribution in [2.75, 3.05) is 13.2 Å². The minimum absolute atomic E-state index is 0.0337. The molecule has 2 nitrogen and oxygen atoms in total. The molecule has 0 aliphatic carbocycles. The minimum atomic E-state index is -4.39. The first-order valence-corrected chi connectivity index (χ1v) is 12.1. The molecule has 0 aromatic heterocycles. The smallest absolute Gasteiger partial charge is 0.396 e. The number of aryl methyl sites for hydroxylation is 2. The zero-order valence-electron chi connectivity index (χ0n) is 20.8. The van der Waals surface area contributed by atoms with Crippen molar-refractivity contribution in [1.29, 1.82) is 0 Å². The van der Waals surface area contributed by atoms with E-state index in [9.17, 15) is 22.7 Å². The number of alkyl halides is 3. The molecular formula is C28H37F4NO. The van der Waals surface area contributed by atoms with Crippen LogP contribution in [0.5, 0.6) is 0 Å². The molecule has 0 radical (unpaired) electrons. The molecule has 3 rings (SSSR count). The molecule has 1 aliphatic rings. The van der Waals surface area contributed by atoms with Crippen molar-refractivity contribution >= 4 is 0 Å². The number of piperidine rings is 1. The number of aliphatic hydroxyl groups excluding tert-OH is 1. The Balaban J connectivity index is 1.97. The molecule has 1 fully saturated rings. The number of nitrogens with zero attached hydrogens (tertiary/aromatic N) is 1. The first-order valence-electron chi connectivity index (χ1n) is 12.1. The zero-order valence-corrected chi connectivity index (χ0v) is 20.8. The van der Waals surface area contributed by atoms with Gasteiger partial charge in [-0.15, -0.1) is 0 Å². The van der Waals surface area contributed by atoms with Gasteiger partial charge < -0.3 is 5.11 Å². The van der Waals surface area contributed by atoms with Crippen molar-refractivity contribution in [1.82, 2.24) is 4.90 Å². The molecule has 1 saturated heterocycles. The number of hydrogen-bond donors (Lipinski definition) is 1. The molecule has 34 heavy (non-hydrogen) atoms. The second-order valence-corrected chi connectivity index (χ2v) is 10.7. The first kappa shape index (κ1) is 26.7. The largest absolute Gasteiger partial charge is 0.416 e. The highest BCUT2D eigenvalue weighted by Gasteiger charge is 2.40. The van der Waals surface area contributed by atoms with Crippen LogP contribution in [0.1, 0.15) is 86.4 Å². The van der Waals surface area contributed by atoms with Gasteiger partial charge in [-0.05, 0) is 105 Å². The summed E-state index contributed by atoms with van der Waals surface area (Å²) in [6.45, 7) is 10.8. The summed E-state index contributed by atoms with van der Waals surface area (Å²) < 4.78 is 54.4. The Hall–Kier alpha value is -1.92. The Morgan fingerprint density at radius 2 is 1.82 bits per heavy atom. The normalized spacial score (nSPS) is 23.6. The maximum Gasteiger partial charge on any atom is 0.416 e. The highest BCUT2D eigenvalue weighted by Crippen LogP contribution is 2.48. The SMILES string of the molecule is Cc1cc(C(C)N2CCC(C)(CCC(C)CO)CC2c2ccc(F)cc2C)cc(C(F)(F)F)c1. The van der Waals surface area contributed by atoms with E-state index in [1.807, 2.05) is 32.9 Å². The van der Waals surface area contributed by atoms with E-state index in [0.29, 0.717) is 11.1 Å². The lowest BCUT2D eigenvalue weighted by atomic mass is 9.70. The molecule has 2 aromatic rings. The highest BCUT2D eigenvalue weighted by molar-refractivity contribution is 5.35. The summed E-state index contributed by atoms with van der Waals surface area (Å²) in [6, 6.07) is 8.87. The van der Waals surface area contributed by atoms with Crippen LogP contribution in [-0.4, -0.2) is 23.2 Å². The van der Waals surface area contributed by atoms with Crippen molar-refractivity contribution in [3.8, 4) is 0 Å². The maximum absolute atomic E-state index is 13.9. The Labute approximate surface area is 201 Å². The van der Waals surface area contributed by atoms with Crippen LogP contribution in [0.4, 0.5) is 17.6 Å². The van der Waals surface area contributed by atoms with E-state index in [0.717, 1.165) is 43.4 Å². The second-order valence-electron chi connectivity index (χ2n) is 10.7. The van der Waals surface area contributed by atoms with E-state index in [4.69, 9.17) is 0 Å². The fourth-order valence-corrected chi connectivity index (χ4v) is 5.33. The van der Waals surface area contributed by atoms with Crippen molar-refractivity contribution in [3.63, 3.8) is 0 Å². The predicted octanol–water partition coefficient (Wildman–Crippen LogP) is 7.77. The van der Waals surface area contributed by atoms with Gasteiger partial charge in [-0.2, -0.15) is 13.2 Å². The quantitative estimate of drug-likeness (QED) is 0.410. The topological polar surface area (TPSA) is 23.5 Å². The predicted molar refractivity (Wildman–Crippen MR) is 128 cm³/mol. The van der Waals surface area contributed by atoms with Gasteiger partial charge in [-0.25, -0.2) is 4.39 Å². The lowest BCUT2D eigenvalue weighted by Crippen LogP contribution is -2.43. The lowest BCUT2D eigenvalue weighted by molar-refractivity contribution is -0.137. The third-order valence-corrected chi connectivity index (χ3v) is 7.61. The van der Waals surface area contributed by atoms with Gasteiger partial charge in [-0.3, -0.25) is 4.90 Å². The van der Waals surface area contributed by atoms with Crippen LogP contribution in [0.25, 0.3) is 0 Å². The van der Waals surface area contributed by atoms with Crippen LogP contribution < -0.4 is 0 Å². The summed E-state index contributed by atoms with van der Waals surface area (Å²) in [5.41, 5.74) is 2.53. The van der Waals surface area contributed by atoms with Gasteiger partial charge >= 0.3 is 6.18 Å². The summed E-state index contributed by atoms with van der Waals surface area (Å²) in [6.07, 6.45) is -0.748. The molecule has 2 aromatic carbocycles. The monoisotopic (exact) mass is 479 g/mol. The first-order chi connectivity index (χ1) is 15.8. The molecule has 0 amide bonds. The van der Waals surface area contributed by atoms with Gasteiger partial charge in [-0.1, -0.05) is 31.5 Å². The molecule has 0 spiro atoms. The summed E-state index contributed by atoms with van der Waals surface area (Å²) in [4.78, 5) is 2.28. The molecular weight excluding hydrogens is 442 g/mol. The number of hydrogen-bond acceptors (Lipinski definition) is 2. The van der Waals surface area contributed by atoms with Gasteiger partial charge in [0.2, 0.25) is 0 Å². The van der Waals surface area contributed by atoms with Gasteiger partial charge in [0.05, 0.1) is 5.56 Å². The van der Waals surface area contributed by atoms with Gasteiger partial charge in [0.1, 0.15) is 5.82 Å². The van der Waals surface area contributed by atoms with Crippen molar-refractivity contribution in [2.24, 2.45) is 11.3 Å². The number of benzene rings is 2. The van der Waals surface area contributed by atoms with Crippen molar-refractivity contribution < 1.29 is 22.7 Å². The van der Waals surface area contributed by atoms with E-state index in [-0.39, 0.29) is 35.8 Å². The highest BCUT2D eigenvalue weighted by atomic mass is 19.4. The Morgan fingerprint density at radius 3 is 2.44 bits per heavy atom. The van der Waals surface area contributed by atoms with Crippen LogP contribution in [0.3, 0.4) is 0 Å². The molecule has 4 atom stereocenters. The van der Waals surface area contributed by atoms with Crippen molar-refractivity contribution in [3.05, 3.63) is 70.0 Å². The van der Waals surface area contributed by atoms with Gasteiger partial charge in [0.15, 0.2) is 0 Å². The maximum atomic E-state index is 13.9. The van der Waals surface area contributed by atoms with E-state index < -0.39 is 11.7 Å². The van der Waals surface area contributed by atoms with Crippen LogP contribution in [0.15, 0.2) is 36.4 Å². The molecule has 1 aliphatic heterocycles. The molecule has 1 N–H and O–H groups in total. The van der Waals surface area contributed by atoms with E-state index in [1.165, 1.54) is 24.3 Å². The average molecular weight is 480 g/mol. The van der Waals surface area contributed by atoms with Gasteiger partial charge in [0, 0.05) is 18.7 Å². The number of halogens is 4. The van der Waals surface area contributed by atoms with Crippen LogP contribution in [-0.2, 0) is 6.18 Å². The number of aliphatic hydroxyl groups is 1. The van der Waals surface area contributed by atoms with Gasteiger partial charge in [0.25, 0.3) is 0 Å². The molecule has 0 saturated carbocycles. The standard InChI is InChI=1S/C28H37F4NO/c1-18(17-34)8-9-27(5)10-11-33(26(16-27)25-7-6-24(29)14-20(25)3)21(4)22-12-19(2)13-23(15-22)28(30,31)32/h6-7,12-15,18,21,26,34H,8-11,16-17H2,1-5H3. The Kier molecular flexibility index (Phi) is 8.14. The van der Waals surface area contributed by atoms with Crippen molar-refractivity contribution in [2.45, 2.75) is 78.6 Å². The molecule has 188 valence electrons. The third-order valence-electron chi connectivity index (χ3n) is 7.61. The molecule has 0 bridgehead atoms. The molecule has 1 heterocycles. The van der Waals surface area contributed by atoms with E-state index in [1.54, 1.807) is 6.92 Å². The summed E-state index contributed by atoms with van der Waals surface area (Å²) in [5.74, 6) is -0.0578. The number of likely N-dealkylation sites (tertiary alicyclic amines) is 1. The molecule has 6 heteroatoms. The summed E-state index contributed by atoms with van der Waals surface area (Å²) >= 11 is 0. The summed E-state index contributed by atoms with van der Waals surface area (Å²) in [5, 5.41) is 9.46.